The van der Waals surface area contributed by atoms with E-state index in [1.807, 2.05) is 4.90 Å². The molecule has 1 aliphatic rings. The molecule has 0 aromatic rings. The number of rotatable bonds is 2. The van der Waals surface area contributed by atoms with Gasteiger partial charge in [-0.2, -0.15) is 0 Å². The van der Waals surface area contributed by atoms with Crippen LogP contribution in [0.25, 0.3) is 0 Å². The van der Waals surface area contributed by atoms with Crippen molar-refractivity contribution < 1.29 is 4.79 Å². The maximum Gasteiger partial charge on any atom is 0.236 e. The zero-order chi connectivity index (χ0) is 8.97. The van der Waals surface area contributed by atoms with Gasteiger partial charge in [0.1, 0.15) is 0 Å². The zero-order valence-corrected chi connectivity index (χ0v) is 8.99. The summed E-state index contributed by atoms with van der Waals surface area (Å²) in [7, 11) is 1.80. The van der Waals surface area contributed by atoms with Gasteiger partial charge in [-0.1, -0.05) is 0 Å². The van der Waals surface area contributed by atoms with E-state index >= 15 is 0 Å². The highest BCUT2D eigenvalue weighted by Gasteiger charge is 2.19. The van der Waals surface area contributed by atoms with Crippen LogP contribution in [0.15, 0.2) is 0 Å². The molecule has 1 heterocycles. The van der Waals surface area contributed by atoms with E-state index < -0.39 is 0 Å². The Hall–Kier alpha value is -0.320. The van der Waals surface area contributed by atoms with Crippen molar-refractivity contribution >= 4 is 18.3 Å². The number of nitrogens with zero attached hydrogens (tertiary/aromatic N) is 1. The van der Waals surface area contributed by atoms with Gasteiger partial charge in [-0.3, -0.25) is 4.79 Å². The molecule has 2 N–H and O–H groups in total. The Kier molecular flexibility index (Phi) is 6.03. The van der Waals surface area contributed by atoms with Gasteiger partial charge < -0.3 is 15.5 Å². The Labute approximate surface area is 85.5 Å². The lowest BCUT2D eigenvalue weighted by Gasteiger charge is -2.31. The molecule has 1 rings (SSSR count). The molecule has 5 heteroatoms. The van der Waals surface area contributed by atoms with Crippen LogP contribution in [0.1, 0.15) is 6.92 Å². The first-order chi connectivity index (χ1) is 5.74. The molecule has 1 fully saturated rings. The number of likely N-dealkylation sites (N-methyl/N-ethyl adjacent to an activating group) is 1. The third-order valence-corrected chi connectivity index (χ3v) is 2.05. The second-order valence-corrected chi connectivity index (χ2v) is 3.23. The summed E-state index contributed by atoms with van der Waals surface area (Å²) in [5, 5.41) is 6.16. The first-order valence-electron chi connectivity index (χ1n) is 4.40. The van der Waals surface area contributed by atoms with E-state index in [4.69, 9.17) is 0 Å². The van der Waals surface area contributed by atoms with Crippen molar-refractivity contribution in [2.45, 2.75) is 13.0 Å². The van der Waals surface area contributed by atoms with Gasteiger partial charge in [0.15, 0.2) is 0 Å². The minimum Gasteiger partial charge on any atom is -0.339 e. The average Bonchev–Trinajstić information content (AvgIpc) is 2.05. The van der Waals surface area contributed by atoms with Crippen LogP contribution in [0.2, 0.25) is 0 Å². The van der Waals surface area contributed by atoms with Crippen LogP contribution >= 0.6 is 12.4 Å². The standard InChI is InChI=1S/C8H17N3O.ClH/c1-7-6-11(4-3-10-7)8(12)5-9-2;/h7,9-10H,3-6H2,1-2H3;1H/t7-;/m0./s1. The Morgan fingerprint density at radius 3 is 2.92 bits per heavy atom. The monoisotopic (exact) mass is 207 g/mol. The van der Waals surface area contributed by atoms with E-state index in [-0.39, 0.29) is 18.3 Å². The zero-order valence-electron chi connectivity index (χ0n) is 8.17. The highest BCUT2D eigenvalue weighted by Crippen LogP contribution is 1.97. The quantitative estimate of drug-likeness (QED) is 0.639. The molecule has 1 atom stereocenters. The van der Waals surface area contributed by atoms with E-state index in [9.17, 15) is 4.79 Å². The van der Waals surface area contributed by atoms with Crippen LogP contribution < -0.4 is 10.6 Å². The molecule has 0 unspecified atom stereocenters. The molecule has 78 valence electrons. The summed E-state index contributed by atoms with van der Waals surface area (Å²) < 4.78 is 0. The van der Waals surface area contributed by atoms with E-state index in [0.717, 1.165) is 19.6 Å². The maximum absolute atomic E-state index is 11.4. The Morgan fingerprint density at radius 2 is 2.38 bits per heavy atom. The summed E-state index contributed by atoms with van der Waals surface area (Å²) in [4.78, 5) is 13.3. The number of halogens is 1. The first kappa shape index (κ1) is 12.7. The third kappa shape index (κ3) is 3.93. The molecule has 13 heavy (non-hydrogen) atoms. The maximum atomic E-state index is 11.4. The minimum absolute atomic E-state index is 0. The lowest BCUT2D eigenvalue weighted by Crippen LogP contribution is -2.52. The first-order valence-corrected chi connectivity index (χ1v) is 4.40. The summed E-state index contributed by atoms with van der Waals surface area (Å²) >= 11 is 0. The molecule has 0 saturated carbocycles. The molecule has 0 radical (unpaired) electrons. The summed E-state index contributed by atoms with van der Waals surface area (Å²) in [5.41, 5.74) is 0. The molecular weight excluding hydrogens is 190 g/mol. The van der Waals surface area contributed by atoms with Crippen molar-refractivity contribution in [1.82, 2.24) is 15.5 Å². The lowest BCUT2D eigenvalue weighted by molar-refractivity contribution is -0.131. The van der Waals surface area contributed by atoms with E-state index in [2.05, 4.69) is 17.6 Å². The molecular formula is C8H18ClN3O. The Morgan fingerprint density at radius 1 is 1.69 bits per heavy atom. The predicted octanol–water partition coefficient (Wildman–Crippen LogP) is -0.552. The van der Waals surface area contributed by atoms with Crippen LogP contribution in [0.3, 0.4) is 0 Å². The predicted molar refractivity (Wildman–Crippen MR) is 55.2 cm³/mol. The third-order valence-electron chi connectivity index (χ3n) is 2.05. The van der Waals surface area contributed by atoms with Gasteiger partial charge in [-0.05, 0) is 14.0 Å². The van der Waals surface area contributed by atoms with Gasteiger partial charge in [0, 0.05) is 25.7 Å². The number of carbonyl (C=O) groups is 1. The number of hydrogen-bond donors (Lipinski definition) is 2. The van der Waals surface area contributed by atoms with Gasteiger partial charge >= 0.3 is 0 Å². The molecule has 0 aromatic carbocycles. The molecule has 1 amide bonds. The minimum atomic E-state index is 0. The second kappa shape index (κ2) is 6.18. The molecule has 0 aromatic heterocycles. The van der Waals surface area contributed by atoms with Crippen LogP contribution in [-0.2, 0) is 4.79 Å². The normalized spacial score (nSPS) is 22.3. The number of hydrogen-bond acceptors (Lipinski definition) is 3. The molecule has 0 aliphatic carbocycles. The fraction of sp³-hybridized carbons (Fsp3) is 0.875. The SMILES string of the molecule is CNCC(=O)N1CCN[C@@H](C)C1.Cl. The summed E-state index contributed by atoms with van der Waals surface area (Å²) in [6.45, 7) is 5.13. The van der Waals surface area contributed by atoms with E-state index in [0.29, 0.717) is 12.6 Å². The summed E-state index contributed by atoms with van der Waals surface area (Å²) in [6, 6.07) is 0.430. The second-order valence-electron chi connectivity index (χ2n) is 3.23. The van der Waals surface area contributed by atoms with Gasteiger partial charge in [-0.25, -0.2) is 0 Å². The van der Waals surface area contributed by atoms with Crippen molar-refractivity contribution in [3.63, 3.8) is 0 Å². The van der Waals surface area contributed by atoms with E-state index in [1.165, 1.54) is 0 Å². The summed E-state index contributed by atoms with van der Waals surface area (Å²) in [5.74, 6) is 0.200. The summed E-state index contributed by atoms with van der Waals surface area (Å²) in [6.07, 6.45) is 0. The van der Waals surface area contributed by atoms with Crippen molar-refractivity contribution in [1.29, 1.82) is 0 Å². The molecule has 1 saturated heterocycles. The Balaban J connectivity index is 0.00000144. The average molecular weight is 208 g/mol. The van der Waals surface area contributed by atoms with Crippen LogP contribution in [-0.4, -0.2) is 50.1 Å². The number of carbonyl (C=O) groups excluding carboxylic acids is 1. The largest absolute Gasteiger partial charge is 0.339 e. The highest BCUT2D eigenvalue weighted by molar-refractivity contribution is 5.85. The number of piperazine rings is 1. The highest BCUT2D eigenvalue weighted by atomic mass is 35.5. The molecule has 0 spiro atoms. The van der Waals surface area contributed by atoms with Crippen molar-refractivity contribution in [3.05, 3.63) is 0 Å². The van der Waals surface area contributed by atoms with Gasteiger partial charge in [0.05, 0.1) is 6.54 Å². The smallest absolute Gasteiger partial charge is 0.236 e. The van der Waals surface area contributed by atoms with Crippen molar-refractivity contribution in [3.8, 4) is 0 Å². The van der Waals surface area contributed by atoms with Gasteiger partial charge in [0.25, 0.3) is 0 Å². The van der Waals surface area contributed by atoms with Crippen LogP contribution in [0.4, 0.5) is 0 Å². The number of amides is 1. The van der Waals surface area contributed by atoms with Crippen molar-refractivity contribution in [2.75, 3.05) is 33.2 Å². The van der Waals surface area contributed by atoms with Crippen LogP contribution in [0, 0.1) is 0 Å². The fourth-order valence-electron chi connectivity index (χ4n) is 1.42. The molecule has 0 bridgehead atoms. The lowest BCUT2D eigenvalue weighted by atomic mass is 10.2. The van der Waals surface area contributed by atoms with E-state index in [1.54, 1.807) is 7.05 Å². The fourth-order valence-corrected chi connectivity index (χ4v) is 1.42. The Bertz CT molecular complexity index is 165. The van der Waals surface area contributed by atoms with Gasteiger partial charge in [0.2, 0.25) is 5.91 Å². The molecule has 1 aliphatic heterocycles. The number of nitrogens with one attached hydrogen (secondary N) is 2. The molecule has 4 nitrogen and oxygen atoms in total. The van der Waals surface area contributed by atoms with Gasteiger partial charge in [-0.15, -0.1) is 12.4 Å². The van der Waals surface area contributed by atoms with Crippen LogP contribution in [0.5, 0.6) is 0 Å². The van der Waals surface area contributed by atoms with Crippen molar-refractivity contribution in [2.24, 2.45) is 0 Å². The topological polar surface area (TPSA) is 44.4 Å².